The Kier molecular flexibility index (Phi) is 1.41. The number of aryl methyl sites for hydroxylation is 1. The van der Waals surface area contributed by atoms with E-state index in [1.165, 1.54) is 0 Å². The minimum Gasteiger partial charge on any atom is -0.259 e. The van der Waals surface area contributed by atoms with Gasteiger partial charge < -0.3 is 0 Å². The molecule has 1 aromatic rings. The summed E-state index contributed by atoms with van der Waals surface area (Å²) in [5.74, 6) is 0. The minimum absolute atomic E-state index is 0.231. The summed E-state index contributed by atoms with van der Waals surface area (Å²) >= 11 is 0. The van der Waals surface area contributed by atoms with E-state index in [1.54, 1.807) is 6.20 Å². The van der Waals surface area contributed by atoms with E-state index >= 15 is 0 Å². The number of rotatable bonds is 1. The summed E-state index contributed by atoms with van der Waals surface area (Å²) in [7, 11) is 0. The van der Waals surface area contributed by atoms with E-state index in [0.29, 0.717) is 0 Å². The SMILES string of the molecule is Cc1cccnc1C1(C#N)CC1. The topological polar surface area (TPSA) is 36.7 Å². The van der Waals surface area contributed by atoms with Gasteiger partial charge in [-0.25, -0.2) is 0 Å². The van der Waals surface area contributed by atoms with Crippen LogP contribution in [0.1, 0.15) is 24.1 Å². The second-order valence-electron chi connectivity index (χ2n) is 3.36. The Morgan fingerprint density at radius 3 is 2.83 bits per heavy atom. The first-order chi connectivity index (χ1) is 5.78. The Bertz CT molecular complexity index is 345. The molecule has 1 aliphatic rings. The fraction of sp³-hybridized carbons (Fsp3) is 0.400. The lowest BCUT2D eigenvalue weighted by atomic mass is 10.00. The number of aromatic nitrogens is 1. The Balaban J connectivity index is 2.48. The lowest BCUT2D eigenvalue weighted by molar-refractivity contribution is 0.840. The van der Waals surface area contributed by atoms with Crippen molar-refractivity contribution >= 4 is 0 Å². The van der Waals surface area contributed by atoms with Gasteiger partial charge in [-0.1, -0.05) is 6.07 Å². The highest BCUT2D eigenvalue weighted by Gasteiger charge is 2.47. The van der Waals surface area contributed by atoms with E-state index in [-0.39, 0.29) is 5.41 Å². The van der Waals surface area contributed by atoms with E-state index in [0.717, 1.165) is 24.1 Å². The van der Waals surface area contributed by atoms with Crippen LogP contribution in [0.25, 0.3) is 0 Å². The van der Waals surface area contributed by atoms with Crippen LogP contribution in [0.2, 0.25) is 0 Å². The zero-order valence-corrected chi connectivity index (χ0v) is 7.04. The van der Waals surface area contributed by atoms with Crippen LogP contribution < -0.4 is 0 Å². The Hall–Kier alpha value is -1.36. The largest absolute Gasteiger partial charge is 0.259 e. The third-order valence-corrected chi connectivity index (χ3v) is 2.43. The van der Waals surface area contributed by atoms with Gasteiger partial charge in [-0.05, 0) is 31.4 Å². The lowest BCUT2D eigenvalue weighted by Crippen LogP contribution is -2.07. The van der Waals surface area contributed by atoms with Crippen LogP contribution in [0.3, 0.4) is 0 Å². The van der Waals surface area contributed by atoms with Crippen molar-refractivity contribution in [2.45, 2.75) is 25.2 Å². The van der Waals surface area contributed by atoms with E-state index in [9.17, 15) is 0 Å². The van der Waals surface area contributed by atoms with Crippen molar-refractivity contribution in [1.29, 1.82) is 5.26 Å². The van der Waals surface area contributed by atoms with Gasteiger partial charge in [0.1, 0.15) is 0 Å². The highest BCUT2D eigenvalue weighted by molar-refractivity contribution is 5.38. The first kappa shape index (κ1) is 7.30. The molecule has 0 aromatic carbocycles. The quantitative estimate of drug-likeness (QED) is 0.626. The van der Waals surface area contributed by atoms with Crippen LogP contribution in [-0.4, -0.2) is 4.98 Å². The number of pyridine rings is 1. The van der Waals surface area contributed by atoms with Gasteiger partial charge in [0.15, 0.2) is 0 Å². The predicted molar refractivity (Wildman–Crippen MR) is 45.5 cm³/mol. The molecule has 2 heteroatoms. The molecule has 1 aliphatic carbocycles. The van der Waals surface area contributed by atoms with Gasteiger partial charge in [-0.15, -0.1) is 0 Å². The van der Waals surface area contributed by atoms with E-state index in [4.69, 9.17) is 5.26 Å². The third kappa shape index (κ3) is 0.902. The molecule has 0 aliphatic heterocycles. The van der Waals surface area contributed by atoms with Gasteiger partial charge in [0.25, 0.3) is 0 Å². The number of hydrogen-bond donors (Lipinski definition) is 0. The molecule has 0 amide bonds. The van der Waals surface area contributed by atoms with Gasteiger partial charge in [-0.3, -0.25) is 4.98 Å². The van der Waals surface area contributed by atoms with E-state index < -0.39 is 0 Å². The summed E-state index contributed by atoms with van der Waals surface area (Å²) in [4.78, 5) is 4.26. The lowest BCUT2D eigenvalue weighted by Gasteiger charge is -2.06. The maximum Gasteiger partial charge on any atom is 0.0997 e. The smallest absolute Gasteiger partial charge is 0.0997 e. The molecule has 1 saturated carbocycles. The van der Waals surface area contributed by atoms with E-state index in [2.05, 4.69) is 11.1 Å². The maximum atomic E-state index is 8.94. The molecule has 1 aromatic heterocycles. The molecule has 2 rings (SSSR count). The van der Waals surface area contributed by atoms with Gasteiger partial charge in [0.2, 0.25) is 0 Å². The Morgan fingerprint density at radius 1 is 1.58 bits per heavy atom. The summed E-state index contributed by atoms with van der Waals surface area (Å²) < 4.78 is 0. The average Bonchev–Trinajstić information content (AvgIpc) is 2.86. The van der Waals surface area contributed by atoms with Crippen molar-refractivity contribution in [2.24, 2.45) is 0 Å². The third-order valence-electron chi connectivity index (χ3n) is 2.43. The molecule has 12 heavy (non-hydrogen) atoms. The fourth-order valence-corrected chi connectivity index (χ4v) is 1.51. The average molecular weight is 158 g/mol. The van der Waals surface area contributed by atoms with Crippen LogP contribution in [-0.2, 0) is 5.41 Å². The van der Waals surface area contributed by atoms with Crippen molar-refractivity contribution < 1.29 is 0 Å². The highest BCUT2D eigenvalue weighted by atomic mass is 14.7. The Labute approximate surface area is 71.9 Å². The molecule has 60 valence electrons. The van der Waals surface area contributed by atoms with Crippen LogP contribution >= 0.6 is 0 Å². The molecule has 0 atom stereocenters. The first-order valence-electron chi connectivity index (χ1n) is 4.12. The number of hydrogen-bond acceptors (Lipinski definition) is 2. The number of nitrogens with zero attached hydrogens (tertiary/aromatic N) is 2. The van der Waals surface area contributed by atoms with Gasteiger partial charge in [0, 0.05) is 6.20 Å². The van der Waals surface area contributed by atoms with Crippen LogP contribution in [0.15, 0.2) is 18.3 Å². The van der Waals surface area contributed by atoms with Crippen molar-refractivity contribution in [3.8, 4) is 6.07 Å². The van der Waals surface area contributed by atoms with Crippen LogP contribution in [0, 0.1) is 18.3 Å². The van der Waals surface area contributed by atoms with Gasteiger partial charge in [-0.2, -0.15) is 5.26 Å². The van der Waals surface area contributed by atoms with Crippen molar-refractivity contribution in [2.75, 3.05) is 0 Å². The second kappa shape index (κ2) is 2.31. The number of nitriles is 1. The monoisotopic (exact) mass is 158 g/mol. The van der Waals surface area contributed by atoms with E-state index in [1.807, 2.05) is 19.1 Å². The second-order valence-corrected chi connectivity index (χ2v) is 3.36. The molecule has 0 bridgehead atoms. The summed E-state index contributed by atoms with van der Waals surface area (Å²) in [6.07, 6.45) is 3.71. The molecule has 1 fully saturated rings. The normalized spacial score (nSPS) is 18.3. The zero-order valence-electron chi connectivity index (χ0n) is 7.04. The summed E-state index contributed by atoms with van der Waals surface area (Å²) in [5.41, 5.74) is 1.88. The molecule has 0 saturated heterocycles. The van der Waals surface area contributed by atoms with Gasteiger partial charge >= 0.3 is 0 Å². The molecule has 2 nitrogen and oxygen atoms in total. The van der Waals surface area contributed by atoms with Crippen LogP contribution in [0.4, 0.5) is 0 Å². The predicted octanol–water partition coefficient (Wildman–Crippen LogP) is 1.95. The fourth-order valence-electron chi connectivity index (χ4n) is 1.51. The molecule has 1 heterocycles. The van der Waals surface area contributed by atoms with Crippen LogP contribution in [0.5, 0.6) is 0 Å². The summed E-state index contributed by atoms with van der Waals surface area (Å²) in [6.45, 7) is 2.01. The molecule has 0 radical (unpaired) electrons. The molecular weight excluding hydrogens is 148 g/mol. The molecular formula is C10H10N2. The highest BCUT2D eigenvalue weighted by Crippen LogP contribution is 2.47. The standard InChI is InChI=1S/C10H10N2/c1-8-3-2-6-12-9(8)10(7-11)4-5-10/h2-3,6H,4-5H2,1H3. The zero-order chi connectivity index (χ0) is 8.60. The maximum absolute atomic E-state index is 8.94. The molecule has 0 unspecified atom stereocenters. The van der Waals surface area contributed by atoms with Crippen molar-refractivity contribution in [3.05, 3.63) is 29.6 Å². The Morgan fingerprint density at radius 2 is 2.33 bits per heavy atom. The molecule has 0 N–H and O–H groups in total. The summed E-state index contributed by atoms with van der Waals surface area (Å²) in [5, 5.41) is 8.94. The van der Waals surface area contributed by atoms with Crippen molar-refractivity contribution in [3.63, 3.8) is 0 Å². The minimum atomic E-state index is -0.231. The summed E-state index contributed by atoms with van der Waals surface area (Å²) in [6, 6.07) is 6.27. The van der Waals surface area contributed by atoms with Crippen molar-refractivity contribution in [1.82, 2.24) is 4.98 Å². The first-order valence-corrected chi connectivity index (χ1v) is 4.12. The van der Waals surface area contributed by atoms with Gasteiger partial charge in [0.05, 0.1) is 17.2 Å². The molecule has 0 spiro atoms.